The summed E-state index contributed by atoms with van der Waals surface area (Å²) in [6.07, 6.45) is 1.39. The van der Waals surface area contributed by atoms with Gasteiger partial charge in [0.25, 0.3) is 15.7 Å². The van der Waals surface area contributed by atoms with Crippen molar-refractivity contribution in [2.24, 2.45) is 0 Å². The highest BCUT2D eigenvalue weighted by Crippen LogP contribution is 2.29. The topological polar surface area (TPSA) is 111 Å². The summed E-state index contributed by atoms with van der Waals surface area (Å²) < 4.78 is 45.9. The van der Waals surface area contributed by atoms with E-state index in [1.165, 1.54) is 19.4 Å². The predicted molar refractivity (Wildman–Crippen MR) is 82.4 cm³/mol. The number of hydrogen-bond donors (Lipinski definition) is 1. The Hall–Kier alpha value is -2.27. The average molecular weight is 406 g/mol. The second-order valence-corrected chi connectivity index (χ2v) is 6.75. The van der Waals surface area contributed by atoms with Gasteiger partial charge in [-0.05, 0) is 28.1 Å². The van der Waals surface area contributed by atoms with Crippen LogP contribution in [0.4, 0.5) is 15.8 Å². The molecule has 0 unspecified atom stereocenters. The average Bonchev–Trinajstić information content (AvgIpc) is 2.46. The Kier molecular flexibility index (Phi) is 4.80. The molecule has 0 saturated heterocycles. The van der Waals surface area contributed by atoms with Gasteiger partial charge in [-0.2, -0.15) is 0 Å². The van der Waals surface area contributed by atoms with Crippen molar-refractivity contribution in [1.82, 2.24) is 4.98 Å². The van der Waals surface area contributed by atoms with Gasteiger partial charge in [0.15, 0.2) is 5.82 Å². The lowest BCUT2D eigenvalue weighted by atomic mass is 10.3. The molecule has 0 atom stereocenters. The van der Waals surface area contributed by atoms with Crippen LogP contribution in [0.5, 0.6) is 5.88 Å². The van der Waals surface area contributed by atoms with Gasteiger partial charge in [0.1, 0.15) is 10.6 Å². The number of rotatable bonds is 5. The number of halogens is 2. The number of nitro groups is 1. The first-order valence-electron chi connectivity index (χ1n) is 5.91. The zero-order chi connectivity index (χ0) is 17.2. The minimum atomic E-state index is -4.32. The Morgan fingerprint density at radius 3 is 2.65 bits per heavy atom. The third-order valence-electron chi connectivity index (χ3n) is 2.67. The summed E-state index contributed by atoms with van der Waals surface area (Å²) in [6.45, 7) is 0. The van der Waals surface area contributed by atoms with Crippen LogP contribution in [0.15, 0.2) is 39.8 Å². The monoisotopic (exact) mass is 405 g/mol. The van der Waals surface area contributed by atoms with Crippen LogP contribution < -0.4 is 9.46 Å². The highest BCUT2D eigenvalue weighted by atomic mass is 79.9. The van der Waals surface area contributed by atoms with Gasteiger partial charge in [-0.15, -0.1) is 0 Å². The molecule has 0 saturated carbocycles. The van der Waals surface area contributed by atoms with Crippen LogP contribution in [0.3, 0.4) is 0 Å². The number of methoxy groups -OCH3 is 1. The van der Waals surface area contributed by atoms with E-state index < -0.39 is 31.3 Å². The maximum absolute atomic E-state index is 13.9. The number of benzene rings is 1. The third-order valence-corrected chi connectivity index (χ3v) is 4.50. The summed E-state index contributed by atoms with van der Waals surface area (Å²) in [6, 6.07) is 3.62. The van der Waals surface area contributed by atoms with Crippen molar-refractivity contribution in [3.63, 3.8) is 0 Å². The molecule has 2 aromatic rings. The molecule has 0 aliphatic heterocycles. The van der Waals surface area contributed by atoms with Crippen LogP contribution >= 0.6 is 15.9 Å². The summed E-state index contributed by atoms with van der Waals surface area (Å²) in [7, 11) is -3.03. The molecule has 0 aliphatic rings. The Balaban J connectivity index is 2.44. The van der Waals surface area contributed by atoms with E-state index >= 15 is 0 Å². The van der Waals surface area contributed by atoms with E-state index in [-0.39, 0.29) is 11.6 Å². The van der Waals surface area contributed by atoms with E-state index in [0.717, 1.165) is 12.1 Å². The van der Waals surface area contributed by atoms with Crippen molar-refractivity contribution in [3.8, 4) is 5.88 Å². The molecule has 11 heteroatoms. The van der Waals surface area contributed by atoms with Crippen molar-refractivity contribution in [1.29, 1.82) is 0 Å². The fourth-order valence-electron chi connectivity index (χ4n) is 1.68. The summed E-state index contributed by atoms with van der Waals surface area (Å²) in [5, 5.41) is 10.6. The molecule has 1 heterocycles. The van der Waals surface area contributed by atoms with Crippen LogP contribution in [0, 0.1) is 15.9 Å². The standard InChI is InChI=1S/C12H9BrFN3O5S/c1-22-12-10(4-7(13)6-15-12)16-23(20,21)11-3-2-8(17(18)19)5-9(11)14/h2-6,16H,1H3. The summed E-state index contributed by atoms with van der Waals surface area (Å²) in [5.74, 6) is -1.26. The van der Waals surface area contributed by atoms with E-state index in [4.69, 9.17) is 4.74 Å². The number of hydrogen-bond acceptors (Lipinski definition) is 6. The number of nitrogens with one attached hydrogen (secondary N) is 1. The summed E-state index contributed by atoms with van der Waals surface area (Å²) in [5.41, 5.74) is -0.567. The van der Waals surface area contributed by atoms with E-state index in [1.54, 1.807) is 0 Å². The number of anilines is 1. The minimum Gasteiger partial charge on any atom is -0.479 e. The van der Waals surface area contributed by atoms with Crippen LogP contribution in [-0.4, -0.2) is 25.4 Å². The van der Waals surface area contributed by atoms with Gasteiger partial charge >= 0.3 is 0 Å². The molecular formula is C12H9BrFN3O5S. The molecule has 1 aromatic heterocycles. The van der Waals surface area contributed by atoms with Crippen molar-refractivity contribution in [2.45, 2.75) is 4.90 Å². The number of nitro benzene ring substituents is 1. The summed E-state index contributed by atoms with van der Waals surface area (Å²) >= 11 is 3.13. The van der Waals surface area contributed by atoms with Crippen molar-refractivity contribution in [2.75, 3.05) is 11.8 Å². The zero-order valence-corrected chi connectivity index (χ0v) is 13.9. The Morgan fingerprint density at radius 1 is 1.39 bits per heavy atom. The molecule has 23 heavy (non-hydrogen) atoms. The van der Waals surface area contributed by atoms with Gasteiger partial charge in [0.05, 0.1) is 18.1 Å². The molecule has 1 aromatic carbocycles. The molecule has 122 valence electrons. The lowest BCUT2D eigenvalue weighted by Gasteiger charge is -2.11. The largest absolute Gasteiger partial charge is 0.479 e. The number of nitrogens with zero attached hydrogens (tertiary/aromatic N) is 2. The quantitative estimate of drug-likeness (QED) is 0.604. The Labute approximate surface area is 138 Å². The number of ether oxygens (including phenoxy) is 1. The number of aromatic nitrogens is 1. The van der Waals surface area contributed by atoms with Crippen LogP contribution in [0.25, 0.3) is 0 Å². The van der Waals surface area contributed by atoms with E-state index in [1.807, 2.05) is 0 Å². The predicted octanol–water partition coefficient (Wildman–Crippen LogP) is 2.70. The van der Waals surface area contributed by atoms with Crippen LogP contribution in [0.2, 0.25) is 0 Å². The molecule has 0 spiro atoms. The molecule has 2 rings (SSSR count). The zero-order valence-electron chi connectivity index (χ0n) is 11.5. The first-order valence-corrected chi connectivity index (χ1v) is 8.18. The van der Waals surface area contributed by atoms with Gasteiger partial charge in [-0.1, -0.05) is 0 Å². The molecule has 1 N–H and O–H groups in total. The lowest BCUT2D eigenvalue weighted by molar-refractivity contribution is -0.385. The molecule has 0 fully saturated rings. The van der Waals surface area contributed by atoms with Crippen molar-refractivity contribution < 1.29 is 22.5 Å². The number of pyridine rings is 1. The second kappa shape index (κ2) is 6.46. The van der Waals surface area contributed by atoms with Crippen LogP contribution in [-0.2, 0) is 10.0 Å². The molecular weight excluding hydrogens is 397 g/mol. The van der Waals surface area contributed by atoms with E-state index in [2.05, 4.69) is 25.6 Å². The van der Waals surface area contributed by atoms with E-state index in [0.29, 0.717) is 10.5 Å². The Bertz CT molecular complexity index is 875. The minimum absolute atomic E-state index is 0.0142. The fraction of sp³-hybridized carbons (Fsp3) is 0.0833. The highest BCUT2D eigenvalue weighted by Gasteiger charge is 2.23. The molecule has 0 amide bonds. The van der Waals surface area contributed by atoms with Crippen molar-refractivity contribution in [3.05, 3.63) is 50.9 Å². The second-order valence-electron chi connectivity index (χ2n) is 4.19. The van der Waals surface area contributed by atoms with Gasteiger partial charge in [0.2, 0.25) is 5.88 Å². The first kappa shape index (κ1) is 17.1. The summed E-state index contributed by atoms with van der Waals surface area (Å²) in [4.78, 5) is 12.9. The lowest BCUT2D eigenvalue weighted by Crippen LogP contribution is -2.15. The molecule has 0 bridgehead atoms. The normalized spacial score (nSPS) is 11.1. The van der Waals surface area contributed by atoms with Gasteiger partial charge in [-0.3, -0.25) is 14.8 Å². The molecule has 0 radical (unpaired) electrons. The maximum Gasteiger partial charge on any atom is 0.272 e. The SMILES string of the molecule is COc1ncc(Br)cc1NS(=O)(=O)c1ccc([N+](=O)[O-])cc1F. The molecule has 0 aliphatic carbocycles. The van der Waals surface area contributed by atoms with Gasteiger partial charge in [0, 0.05) is 16.7 Å². The number of non-ortho nitro benzene ring substituents is 1. The van der Waals surface area contributed by atoms with Crippen LogP contribution in [0.1, 0.15) is 0 Å². The third kappa shape index (κ3) is 3.74. The van der Waals surface area contributed by atoms with Crippen molar-refractivity contribution >= 4 is 37.3 Å². The highest BCUT2D eigenvalue weighted by molar-refractivity contribution is 9.10. The van der Waals surface area contributed by atoms with Gasteiger partial charge < -0.3 is 4.74 Å². The Morgan fingerprint density at radius 2 is 2.09 bits per heavy atom. The number of sulfonamides is 1. The van der Waals surface area contributed by atoms with E-state index in [9.17, 15) is 22.9 Å². The fourth-order valence-corrected chi connectivity index (χ4v) is 3.12. The molecule has 8 nitrogen and oxygen atoms in total. The first-order chi connectivity index (χ1) is 10.7. The van der Waals surface area contributed by atoms with Gasteiger partial charge in [-0.25, -0.2) is 17.8 Å². The maximum atomic E-state index is 13.9. The smallest absolute Gasteiger partial charge is 0.272 e.